The first kappa shape index (κ1) is 18.3. The van der Waals surface area contributed by atoms with Gasteiger partial charge in [0.2, 0.25) is 11.0 Å². The van der Waals surface area contributed by atoms with Gasteiger partial charge in [0.25, 0.3) is 10.0 Å². The maximum Gasteiger partial charge on any atom is 0.263 e. The Kier molecular flexibility index (Phi) is 5.24. The molecule has 1 aromatic carbocycles. The van der Waals surface area contributed by atoms with E-state index in [0.29, 0.717) is 12.1 Å². The number of hydrogen-bond donors (Lipinski definition) is 2. The summed E-state index contributed by atoms with van der Waals surface area (Å²) in [6.45, 7) is 7.33. The van der Waals surface area contributed by atoms with Crippen molar-refractivity contribution in [3.63, 3.8) is 0 Å². The zero-order valence-electron chi connectivity index (χ0n) is 14.0. The molecule has 1 aromatic heterocycles. The summed E-state index contributed by atoms with van der Waals surface area (Å²) in [5, 5.41) is 11.4. The molecule has 1 amide bonds. The summed E-state index contributed by atoms with van der Waals surface area (Å²) < 4.78 is 27.1. The lowest BCUT2D eigenvalue weighted by Crippen LogP contribution is -2.27. The Bertz CT molecular complexity index is 821. The predicted molar refractivity (Wildman–Crippen MR) is 94.6 cm³/mol. The minimum atomic E-state index is -3.74. The van der Waals surface area contributed by atoms with Crippen LogP contribution < -0.4 is 10.0 Å². The van der Waals surface area contributed by atoms with Gasteiger partial charge in [-0.25, -0.2) is 8.42 Å². The van der Waals surface area contributed by atoms with Gasteiger partial charge in [-0.05, 0) is 30.7 Å². The number of carbonyl (C=O) groups excluding carboxylic acids is 1. The lowest BCUT2D eigenvalue weighted by Gasteiger charge is -2.17. The van der Waals surface area contributed by atoms with E-state index in [1.54, 1.807) is 32.9 Å². The largest absolute Gasteiger partial charge is 0.326 e. The molecule has 24 heavy (non-hydrogen) atoms. The lowest BCUT2D eigenvalue weighted by atomic mass is 9.95. The highest BCUT2D eigenvalue weighted by molar-refractivity contribution is 7.93. The van der Waals surface area contributed by atoms with Crippen molar-refractivity contribution in [3.05, 3.63) is 29.3 Å². The molecule has 0 unspecified atom stereocenters. The number of sulfonamides is 1. The fourth-order valence-electron chi connectivity index (χ4n) is 1.65. The zero-order valence-corrected chi connectivity index (χ0v) is 15.6. The van der Waals surface area contributed by atoms with Gasteiger partial charge in [0, 0.05) is 11.1 Å². The number of amides is 1. The highest BCUT2D eigenvalue weighted by atomic mass is 32.2. The molecular weight excluding hydrogens is 348 g/mol. The molecule has 0 fully saturated rings. The Balaban J connectivity index is 2.12. The van der Waals surface area contributed by atoms with Crippen molar-refractivity contribution in [2.45, 2.75) is 39.0 Å². The fourth-order valence-corrected chi connectivity index (χ4v) is 3.56. The van der Waals surface area contributed by atoms with Crippen molar-refractivity contribution in [3.8, 4) is 0 Å². The zero-order chi connectivity index (χ0) is 18.0. The molecule has 0 radical (unpaired) electrons. The van der Waals surface area contributed by atoms with Crippen molar-refractivity contribution in [2.24, 2.45) is 5.41 Å². The van der Waals surface area contributed by atoms with Crippen molar-refractivity contribution < 1.29 is 13.2 Å². The molecule has 2 aromatic rings. The quantitative estimate of drug-likeness (QED) is 0.845. The fraction of sp³-hybridized carbons (Fsp3) is 0.400. The molecule has 130 valence electrons. The Labute approximate surface area is 145 Å². The maximum absolute atomic E-state index is 12.3. The number of hydrogen-bond acceptors (Lipinski definition) is 6. The standard InChI is InChI=1S/C15H20N4O3S2/c1-5-12-17-18-14(23-12)19-24(21,22)11-8-6-10(7-9-11)16-13(20)15(2,3)4/h6-9H,5H2,1-4H3,(H,16,20)(H,18,19). The van der Waals surface area contributed by atoms with Crippen LogP contribution in [0.15, 0.2) is 29.2 Å². The minimum absolute atomic E-state index is 0.0875. The van der Waals surface area contributed by atoms with Crippen LogP contribution in [-0.2, 0) is 21.2 Å². The molecule has 0 atom stereocenters. The predicted octanol–water partition coefficient (Wildman–Crippen LogP) is 2.89. The third-order valence-electron chi connectivity index (χ3n) is 3.09. The van der Waals surface area contributed by atoms with Crippen molar-refractivity contribution in [1.29, 1.82) is 0 Å². The van der Waals surface area contributed by atoms with Gasteiger partial charge in [-0.15, -0.1) is 10.2 Å². The van der Waals surface area contributed by atoms with Crippen LogP contribution in [-0.4, -0.2) is 24.5 Å². The Morgan fingerprint density at radius 3 is 2.29 bits per heavy atom. The normalized spacial score (nSPS) is 12.0. The van der Waals surface area contributed by atoms with Gasteiger partial charge in [-0.1, -0.05) is 39.0 Å². The summed E-state index contributed by atoms with van der Waals surface area (Å²) in [5.41, 5.74) is 0.0132. The summed E-state index contributed by atoms with van der Waals surface area (Å²) in [6, 6.07) is 5.97. The maximum atomic E-state index is 12.3. The van der Waals surface area contributed by atoms with Gasteiger partial charge in [0.15, 0.2) is 0 Å². The van der Waals surface area contributed by atoms with Gasteiger partial charge in [-0.3, -0.25) is 9.52 Å². The van der Waals surface area contributed by atoms with E-state index in [4.69, 9.17) is 0 Å². The third kappa shape index (κ3) is 4.51. The number of anilines is 2. The summed E-state index contributed by atoms with van der Waals surface area (Å²) in [7, 11) is -3.74. The lowest BCUT2D eigenvalue weighted by molar-refractivity contribution is -0.123. The first-order valence-corrected chi connectivity index (χ1v) is 9.68. The van der Waals surface area contributed by atoms with Gasteiger partial charge in [0.1, 0.15) is 5.01 Å². The van der Waals surface area contributed by atoms with Crippen LogP contribution in [0.25, 0.3) is 0 Å². The molecule has 9 heteroatoms. The van der Waals surface area contributed by atoms with Crippen LogP contribution in [0.1, 0.15) is 32.7 Å². The Morgan fingerprint density at radius 2 is 1.79 bits per heavy atom. The smallest absolute Gasteiger partial charge is 0.263 e. The van der Waals surface area contributed by atoms with Crippen LogP contribution in [0.5, 0.6) is 0 Å². The molecule has 0 aliphatic rings. The molecule has 2 rings (SSSR count). The highest BCUT2D eigenvalue weighted by Gasteiger charge is 2.21. The molecule has 0 aliphatic heterocycles. The average Bonchev–Trinajstić information content (AvgIpc) is 2.93. The van der Waals surface area contributed by atoms with E-state index in [0.717, 1.165) is 5.01 Å². The van der Waals surface area contributed by atoms with Gasteiger partial charge < -0.3 is 5.32 Å². The van der Waals surface area contributed by atoms with Gasteiger partial charge >= 0.3 is 0 Å². The number of aryl methyl sites for hydroxylation is 1. The van der Waals surface area contributed by atoms with Crippen LogP contribution in [0.3, 0.4) is 0 Å². The first-order chi connectivity index (χ1) is 11.1. The van der Waals surface area contributed by atoms with Crippen molar-refractivity contribution >= 4 is 38.1 Å². The monoisotopic (exact) mass is 368 g/mol. The molecule has 0 bridgehead atoms. The number of carbonyl (C=O) groups is 1. The average molecular weight is 368 g/mol. The molecule has 0 aliphatic carbocycles. The summed E-state index contributed by atoms with van der Waals surface area (Å²) in [6.07, 6.45) is 0.696. The molecule has 0 saturated heterocycles. The SMILES string of the molecule is CCc1nnc(NS(=O)(=O)c2ccc(NC(=O)C(C)(C)C)cc2)s1. The van der Waals surface area contributed by atoms with Gasteiger partial charge in [-0.2, -0.15) is 0 Å². The first-order valence-electron chi connectivity index (χ1n) is 7.38. The van der Waals surface area contributed by atoms with Crippen LogP contribution >= 0.6 is 11.3 Å². The molecular formula is C15H20N4O3S2. The van der Waals surface area contributed by atoms with E-state index in [-0.39, 0.29) is 15.9 Å². The summed E-state index contributed by atoms with van der Waals surface area (Å²) in [4.78, 5) is 12.0. The van der Waals surface area contributed by atoms with Crippen LogP contribution in [0.2, 0.25) is 0 Å². The Morgan fingerprint density at radius 1 is 1.17 bits per heavy atom. The van der Waals surface area contributed by atoms with Crippen LogP contribution in [0, 0.1) is 5.41 Å². The van der Waals surface area contributed by atoms with Crippen molar-refractivity contribution in [1.82, 2.24) is 10.2 Å². The molecule has 2 N–H and O–H groups in total. The summed E-state index contributed by atoms with van der Waals surface area (Å²) >= 11 is 1.20. The molecule has 7 nitrogen and oxygen atoms in total. The minimum Gasteiger partial charge on any atom is -0.326 e. The second-order valence-corrected chi connectivity index (χ2v) is 8.93. The van der Waals surface area contributed by atoms with Crippen LogP contribution in [0.4, 0.5) is 10.8 Å². The van der Waals surface area contributed by atoms with Crippen molar-refractivity contribution in [2.75, 3.05) is 10.0 Å². The number of aromatic nitrogens is 2. The summed E-state index contributed by atoms with van der Waals surface area (Å²) in [5.74, 6) is -0.141. The molecule has 1 heterocycles. The topological polar surface area (TPSA) is 101 Å². The van der Waals surface area contributed by atoms with E-state index in [2.05, 4.69) is 20.2 Å². The number of nitrogens with zero attached hydrogens (tertiary/aromatic N) is 2. The highest BCUT2D eigenvalue weighted by Crippen LogP contribution is 2.22. The van der Waals surface area contributed by atoms with E-state index < -0.39 is 15.4 Å². The molecule has 0 saturated carbocycles. The second kappa shape index (κ2) is 6.86. The van der Waals surface area contributed by atoms with E-state index in [1.165, 1.54) is 23.5 Å². The number of benzene rings is 1. The van der Waals surface area contributed by atoms with E-state index >= 15 is 0 Å². The van der Waals surface area contributed by atoms with E-state index in [9.17, 15) is 13.2 Å². The molecule has 0 spiro atoms. The third-order valence-corrected chi connectivity index (χ3v) is 5.56. The Hall–Kier alpha value is -2.00. The van der Waals surface area contributed by atoms with Gasteiger partial charge in [0.05, 0.1) is 4.90 Å². The number of rotatable bonds is 5. The van der Waals surface area contributed by atoms with E-state index in [1.807, 2.05) is 6.92 Å². The number of nitrogens with one attached hydrogen (secondary N) is 2. The second-order valence-electron chi connectivity index (χ2n) is 6.19.